The minimum atomic E-state index is -0.0187. The molecule has 0 spiro atoms. The first-order valence-electron chi connectivity index (χ1n) is 7.94. The van der Waals surface area contributed by atoms with Crippen molar-refractivity contribution < 1.29 is 9.59 Å². The first kappa shape index (κ1) is 15.3. The van der Waals surface area contributed by atoms with Crippen LogP contribution < -0.4 is 5.73 Å². The normalized spacial score (nSPS) is 27.5. The molecule has 0 aromatic rings. The summed E-state index contributed by atoms with van der Waals surface area (Å²) < 4.78 is 0. The molecule has 2 atom stereocenters. The molecule has 2 saturated heterocycles. The van der Waals surface area contributed by atoms with Crippen LogP contribution in [0.5, 0.6) is 0 Å². The number of carbonyl (C=O) groups is 2. The number of carbonyl (C=O) groups excluding carboxylic acids is 2. The Morgan fingerprint density at radius 3 is 2.50 bits per heavy atom. The number of likely N-dealkylation sites (tertiary alicyclic amines) is 2. The van der Waals surface area contributed by atoms with Gasteiger partial charge in [0.05, 0.1) is 5.92 Å². The maximum absolute atomic E-state index is 12.6. The van der Waals surface area contributed by atoms with Gasteiger partial charge in [-0.1, -0.05) is 6.92 Å². The number of nitrogens with two attached hydrogens (primary N) is 1. The lowest BCUT2D eigenvalue weighted by Gasteiger charge is -2.37. The van der Waals surface area contributed by atoms with E-state index in [0.29, 0.717) is 19.5 Å². The third-order valence-electron chi connectivity index (χ3n) is 4.36. The summed E-state index contributed by atoms with van der Waals surface area (Å²) in [6, 6.07) is 0.120. The van der Waals surface area contributed by atoms with Gasteiger partial charge in [0.25, 0.3) is 0 Å². The quantitative estimate of drug-likeness (QED) is 0.838. The molecular weight excluding hydrogens is 254 g/mol. The van der Waals surface area contributed by atoms with Gasteiger partial charge in [0, 0.05) is 38.6 Å². The SMILES string of the molecule is CCCC(=O)N1CCCC(C(=O)N2CCCC(N)C2)C1. The second-order valence-corrected chi connectivity index (χ2v) is 6.12. The number of piperidine rings is 2. The van der Waals surface area contributed by atoms with E-state index in [4.69, 9.17) is 5.73 Å². The van der Waals surface area contributed by atoms with Gasteiger partial charge in [0.15, 0.2) is 0 Å². The van der Waals surface area contributed by atoms with Gasteiger partial charge in [0.2, 0.25) is 11.8 Å². The highest BCUT2D eigenvalue weighted by Crippen LogP contribution is 2.21. The Hall–Kier alpha value is -1.10. The summed E-state index contributed by atoms with van der Waals surface area (Å²) in [4.78, 5) is 28.3. The van der Waals surface area contributed by atoms with Gasteiger partial charge in [-0.05, 0) is 32.1 Å². The second-order valence-electron chi connectivity index (χ2n) is 6.12. The maximum Gasteiger partial charge on any atom is 0.227 e. The summed E-state index contributed by atoms with van der Waals surface area (Å²) in [6.45, 7) is 4.93. The van der Waals surface area contributed by atoms with Crippen LogP contribution in [0.3, 0.4) is 0 Å². The van der Waals surface area contributed by atoms with E-state index in [1.165, 1.54) is 0 Å². The topological polar surface area (TPSA) is 66.6 Å². The molecular formula is C15H27N3O2. The molecule has 2 N–H and O–H groups in total. The molecule has 2 unspecified atom stereocenters. The molecule has 2 aliphatic heterocycles. The Labute approximate surface area is 121 Å². The molecule has 2 amide bonds. The molecule has 2 fully saturated rings. The average molecular weight is 281 g/mol. The van der Waals surface area contributed by atoms with Crippen molar-refractivity contribution in [1.29, 1.82) is 0 Å². The molecule has 0 aromatic heterocycles. The van der Waals surface area contributed by atoms with Crippen molar-refractivity contribution in [2.45, 2.75) is 51.5 Å². The van der Waals surface area contributed by atoms with Crippen molar-refractivity contribution in [2.75, 3.05) is 26.2 Å². The summed E-state index contributed by atoms with van der Waals surface area (Å²) in [7, 11) is 0. The number of hydrogen-bond donors (Lipinski definition) is 1. The fraction of sp³-hybridized carbons (Fsp3) is 0.867. The summed E-state index contributed by atoms with van der Waals surface area (Å²) in [5, 5.41) is 0. The van der Waals surface area contributed by atoms with Crippen molar-refractivity contribution in [3.05, 3.63) is 0 Å². The Morgan fingerprint density at radius 2 is 1.80 bits per heavy atom. The summed E-state index contributed by atoms with van der Waals surface area (Å²) in [5.74, 6) is 0.379. The summed E-state index contributed by atoms with van der Waals surface area (Å²) in [5.41, 5.74) is 5.95. The Bertz CT molecular complexity index is 359. The van der Waals surface area contributed by atoms with Gasteiger partial charge < -0.3 is 15.5 Å². The van der Waals surface area contributed by atoms with E-state index >= 15 is 0 Å². The zero-order valence-corrected chi connectivity index (χ0v) is 12.5. The molecule has 114 valence electrons. The fourth-order valence-electron chi connectivity index (χ4n) is 3.25. The van der Waals surface area contributed by atoms with Gasteiger partial charge in [-0.2, -0.15) is 0 Å². The highest BCUT2D eigenvalue weighted by molar-refractivity contribution is 5.81. The highest BCUT2D eigenvalue weighted by atomic mass is 16.2. The molecule has 2 aliphatic rings. The van der Waals surface area contributed by atoms with Crippen LogP contribution in [0.4, 0.5) is 0 Å². The minimum absolute atomic E-state index is 0.0187. The fourth-order valence-corrected chi connectivity index (χ4v) is 3.25. The van der Waals surface area contributed by atoms with Crippen molar-refractivity contribution in [2.24, 2.45) is 11.7 Å². The molecule has 0 radical (unpaired) electrons. The molecule has 5 nitrogen and oxygen atoms in total. The van der Waals surface area contributed by atoms with Crippen LogP contribution in [0, 0.1) is 5.92 Å². The van der Waals surface area contributed by atoms with E-state index in [0.717, 1.165) is 45.2 Å². The van der Waals surface area contributed by atoms with Crippen LogP contribution in [0.15, 0.2) is 0 Å². The van der Waals surface area contributed by atoms with Gasteiger partial charge in [-0.15, -0.1) is 0 Å². The number of nitrogens with zero attached hydrogens (tertiary/aromatic N) is 2. The summed E-state index contributed by atoms with van der Waals surface area (Å²) in [6.07, 6.45) is 5.31. The van der Waals surface area contributed by atoms with Crippen LogP contribution in [0.2, 0.25) is 0 Å². The number of rotatable bonds is 3. The minimum Gasteiger partial charge on any atom is -0.342 e. The van der Waals surface area contributed by atoms with Crippen LogP contribution >= 0.6 is 0 Å². The maximum atomic E-state index is 12.6. The van der Waals surface area contributed by atoms with Crippen molar-refractivity contribution in [3.63, 3.8) is 0 Å². The Kier molecular flexibility index (Phi) is 5.40. The van der Waals surface area contributed by atoms with E-state index in [9.17, 15) is 9.59 Å². The van der Waals surface area contributed by atoms with Gasteiger partial charge in [-0.3, -0.25) is 9.59 Å². The van der Waals surface area contributed by atoms with E-state index in [2.05, 4.69) is 0 Å². The standard InChI is InChI=1S/C15H27N3O2/c1-2-5-14(19)17-8-3-6-12(10-17)15(20)18-9-4-7-13(16)11-18/h12-13H,2-11,16H2,1H3. The number of hydrogen-bond acceptors (Lipinski definition) is 3. The molecule has 0 aliphatic carbocycles. The lowest BCUT2D eigenvalue weighted by Crippen LogP contribution is -2.51. The van der Waals surface area contributed by atoms with Crippen molar-refractivity contribution in [3.8, 4) is 0 Å². The lowest BCUT2D eigenvalue weighted by atomic mass is 9.94. The smallest absolute Gasteiger partial charge is 0.227 e. The predicted octanol–water partition coefficient (Wildman–Crippen LogP) is 0.975. The van der Waals surface area contributed by atoms with Gasteiger partial charge in [-0.25, -0.2) is 0 Å². The Morgan fingerprint density at radius 1 is 1.10 bits per heavy atom. The molecule has 2 heterocycles. The van der Waals surface area contributed by atoms with Crippen LogP contribution in [-0.2, 0) is 9.59 Å². The predicted molar refractivity (Wildman–Crippen MR) is 78.0 cm³/mol. The second kappa shape index (κ2) is 7.07. The third-order valence-corrected chi connectivity index (χ3v) is 4.36. The van der Waals surface area contributed by atoms with Crippen LogP contribution in [0.25, 0.3) is 0 Å². The molecule has 20 heavy (non-hydrogen) atoms. The lowest BCUT2D eigenvalue weighted by molar-refractivity contribution is -0.141. The molecule has 0 aromatic carbocycles. The Balaban J connectivity index is 1.91. The summed E-state index contributed by atoms with van der Waals surface area (Å²) >= 11 is 0. The third kappa shape index (κ3) is 3.72. The van der Waals surface area contributed by atoms with Crippen LogP contribution in [-0.4, -0.2) is 53.8 Å². The van der Waals surface area contributed by atoms with E-state index in [1.54, 1.807) is 0 Å². The highest BCUT2D eigenvalue weighted by Gasteiger charge is 2.32. The first-order chi connectivity index (χ1) is 9.61. The van der Waals surface area contributed by atoms with E-state index in [1.807, 2.05) is 16.7 Å². The van der Waals surface area contributed by atoms with Crippen molar-refractivity contribution >= 4 is 11.8 Å². The molecule has 5 heteroatoms. The zero-order valence-electron chi connectivity index (χ0n) is 12.5. The van der Waals surface area contributed by atoms with Crippen LogP contribution in [0.1, 0.15) is 45.4 Å². The average Bonchev–Trinajstić information content (AvgIpc) is 2.47. The van der Waals surface area contributed by atoms with E-state index in [-0.39, 0.29) is 23.8 Å². The first-order valence-corrected chi connectivity index (χ1v) is 7.94. The molecule has 0 bridgehead atoms. The zero-order chi connectivity index (χ0) is 14.5. The van der Waals surface area contributed by atoms with Gasteiger partial charge >= 0.3 is 0 Å². The van der Waals surface area contributed by atoms with Gasteiger partial charge in [0.1, 0.15) is 0 Å². The monoisotopic (exact) mass is 281 g/mol. The largest absolute Gasteiger partial charge is 0.342 e. The molecule has 2 rings (SSSR count). The van der Waals surface area contributed by atoms with Crippen molar-refractivity contribution in [1.82, 2.24) is 9.80 Å². The van der Waals surface area contributed by atoms with E-state index < -0.39 is 0 Å². The molecule has 0 saturated carbocycles. The number of amides is 2.